The van der Waals surface area contributed by atoms with E-state index in [9.17, 15) is 4.79 Å². The number of carbonyl (C=O) groups excluding carboxylic acids is 1. The molecule has 1 aliphatic heterocycles. The van der Waals surface area contributed by atoms with Gasteiger partial charge in [0.25, 0.3) is 5.91 Å². The smallest absolute Gasteiger partial charge is 0.289 e. The molecule has 5 nitrogen and oxygen atoms in total. The van der Waals surface area contributed by atoms with E-state index in [4.69, 9.17) is 4.42 Å². The molecule has 0 bridgehead atoms. The zero-order valence-corrected chi connectivity index (χ0v) is 14.7. The predicted octanol–water partition coefficient (Wildman–Crippen LogP) is 2.89. The highest BCUT2D eigenvalue weighted by Crippen LogP contribution is 2.22. The van der Waals surface area contributed by atoms with Crippen LogP contribution < -0.4 is 0 Å². The molecule has 1 aliphatic rings. The zero-order chi connectivity index (χ0) is 17.1. The summed E-state index contributed by atoms with van der Waals surface area (Å²) in [5.41, 5.74) is 2.14. The van der Waals surface area contributed by atoms with Crippen LogP contribution in [0.2, 0.25) is 0 Å². The summed E-state index contributed by atoms with van der Waals surface area (Å²) in [6, 6.07) is 5.98. The van der Waals surface area contributed by atoms with Crippen molar-refractivity contribution in [1.82, 2.24) is 14.8 Å². The Morgan fingerprint density at radius 3 is 2.96 bits per heavy atom. The van der Waals surface area contributed by atoms with Crippen LogP contribution in [0.3, 0.4) is 0 Å². The summed E-state index contributed by atoms with van der Waals surface area (Å²) < 4.78 is 5.58. The van der Waals surface area contributed by atoms with Gasteiger partial charge in [0, 0.05) is 44.1 Å². The maximum absolute atomic E-state index is 12.6. The quantitative estimate of drug-likeness (QED) is 0.847. The molecule has 0 radical (unpaired) electrons. The van der Waals surface area contributed by atoms with E-state index in [1.165, 1.54) is 5.56 Å². The van der Waals surface area contributed by atoms with Crippen LogP contribution in [0.1, 0.15) is 33.9 Å². The lowest BCUT2D eigenvalue weighted by Crippen LogP contribution is -2.31. The normalized spacial score (nSPS) is 17.7. The number of pyridine rings is 1. The fourth-order valence-corrected chi connectivity index (χ4v) is 3.47. The summed E-state index contributed by atoms with van der Waals surface area (Å²) in [5, 5.41) is 0. The monoisotopic (exact) mass is 327 g/mol. The summed E-state index contributed by atoms with van der Waals surface area (Å²) in [5.74, 6) is 1.82. The van der Waals surface area contributed by atoms with E-state index >= 15 is 0 Å². The summed E-state index contributed by atoms with van der Waals surface area (Å²) >= 11 is 0. The molecule has 1 fully saturated rings. The van der Waals surface area contributed by atoms with Crippen molar-refractivity contribution >= 4 is 5.91 Å². The summed E-state index contributed by atoms with van der Waals surface area (Å²) in [6.07, 6.45) is 4.74. The highest BCUT2D eigenvalue weighted by Gasteiger charge is 2.30. The number of aryl methyl sites for hydroxylation is 2. The van der Waals surface area contributed by atoms with Crippen LogP contribution in [0.5, 0.6) is 0 Å². The minimum absolute atomic E-state index is 0.0259. The fraction of sp³-hybridized carbons (Fsp3) is 0.474. The maximum Gasteiger partial charge on any atom is 0.289 e. The van der Waals surface area contributed by atoms with Gasteiger partial charge in [0.15, 0.2) is 5.76 Å². The zero-order valence-electron chi connectivity index (χ0n) is 14.7. The molecule has 5 heteroatoms. The van der Waals surface area contributed by atoms with Crippen molar-refractivity contribution in [3.63, 3.8) is 0 Å². The molecule has 1 atom stereocenters. The number of furan rings is 1. The first kappa shape index (κ1) is 16.7. The van der Waals surface area contributed by atoms with Gasteiger partial charge in [-0.05, 0) is 50.9 Å². The summed E-state index contributed by atoms with van der Waals surface area (Å²) in [7, 11) is 2.12. The largest absolute Gasteiger partial charge is 0.456 e. The third-order valence-corrected chi connectivity index (χ3v) is 4.55. The van der Waals surface area contributed by atoms with Crippen molar-refractivity contribution in [2.45, 2.75) is 26.8 Å². The van der Waals surface area contributed by atoms with Crippen LogP contribution in [0.4, 0.5) is 0 Å². The first-order chi connectivity index (χ1) is 11.5. The van der Waals surface area contributed by atoms with Gasteiger partial charge < -0.3 is 14.2 Å². The molecule has 0 spiro atoms. The first-order valence-corrected chi connectivity index (χ1v) is 8.46. The topological polar surface area (TPSA) is 49.6 Å². The lowest BCUT2D eigenvalue weighted by atomic mass is 10.1. The van der Waals surface area contributed by atoms with Gasteiger partial charge in [-0.3, -0.25) is 9.78 Å². The van der Waals surface area contributed by atoms with E-state index in [1.54, 1.807) is 6.20 Å². The number of carbonyl (C=O) groups is 1. The third kappa shape index (κ3) is 3.85. The van der Waals surface area contributed by atoms with Gasteiger partial charge in [-0.15, -0.1) is 0 Å². The van der Waals surface area contributed by atoms with Crippen LogP contribution in [0.25, 0.3) is 0 Å². The number of aromatic nitrogens is 1. The van der Waals surface area contributed by atoms with Crippen molar-refractivity contribution in [2.24, 2.45) is 5.92 Å². The predicted molar refractivity (Wildman–Crippen MR) is 92.8 cm³/mol. The first-order valence-electron chi connectivity index (χ1n) is 8.46. The molecule has 2 aromatic heterocycles. The van der Waals surface area contributed by atoms with Crippen LogP contribution in [0, 0.1) is 19.8 Å². The minimum Gasteiger partial charge on any atom is -0.456 e. The van der Waals surface area contributed by atoms with E-state index in [0.29, 0.717) is 11.7 Å². The molecule has 0 saturated carbocycles. The van der Waals surface area contributed by atoms with Crippen molar-refractivity contribution in [2.75, 3.05) is 26.7 Å². The molecule has 0 aliphatic carbocycles. The molecular formula is C19H25N3O2. The third-order valence-electron chi connectivity index (χ3n) is 4.55. The van der Waals surface area contributed by atoms with Crippen molar-refractivity contribution in [3.8, 4) is 0 Å². The van der Waals surface area contributed by atoms with Crippen molar-refractivity contribution < 1.29 is 9.21 Å². The van der Waals surface area contributed by atoms with Gasteiger partial charge in [0.05, 0.1) is 0 Å². The Morgan fingerprint density at radius 1 is 1.46 bits per heavy atom. The molecular weight excluding hydrogens is 302 g/mol. The van der Waals surface area contributed by atoms with Crippen LogP contribution in [-0.4, -0.2) is 47.4 Å². The second kappa shape index (κ2) is 7.18. The van der Waals surface area contributed by atoms with E-state index in [0.717, 1.165) is 43.9 Å². The lowest BCUT2D eigenvalue weighted by Gasteiger charge is -2.21. The second-order valence-corrected chi connectivity index (χ2v) is 6.83. The van der Waals surface area contributed by atoms with Crippen molar-refractivity contribution in [1.29, 1.82) is 0 Å². The van der Waals surface area contributed by atoms with Crippen LogP contribution in [0.15, 0.2) is 35.0 Å². The molecule has 3 heterocycles. The molecule has 0 N–H and O–H groups in total. The van der Waals surface area contributed by atoms with E-state index in [1.807, 2.05) is 37.1 Å². The second-order valence-electron chi connectivity index (χ2n) is 6.83. The molecule has 2 aromatic rings. The Labute approximate surface area is 143 Å². The van der Waals surface area contributed by atoms with Gasteiger partial charge >= 0.3 is 0 Å². The highest BCUT2D eigenvalue weighted by atomic mass is 16.4. The Balaban J connectivity index is 1.53. The van der Waals surface area contributed by atoms with Crippen LogP contribution >= 0.6 is 0 Å². The van der Waals surface area contributed by atoms with E-state index in [-0.39, 0.29) is 5.91 Å². The van der Waals surface area contributed by atoms with Crippen molar-refractivity contribution in [3.05, 3.63) is 53.2 Å². The number of nitrogens with zero attached hydrogens (tertiary/aromatic N) is 3. The number of hydrogen-bond donors (Lipinski definition) is 0. The highest BCUT2D eigenvalue weighted by molar-refractivity contribution is 5.93. The SMILES string of the molecule is Cc1cc(C)c(C(=O)N2CC[C@@H](CN(C)Cc3cccnc3)C2)o1. The van der Waals surface area contributed by atoms with E-state index < -0.39 is 0 Å². The van der Waals surface area contributed by atoms with E-state index in [2.05, 4.69) is 23.0 Å². The minimum atomic E-state index is 0.0259. The van der Waals surface area contributed by atoms with Gasteiger partial charge in [-0.25, -0.2) is 0 Å². The fourth-order valence-electron chi connectivity index (χ4n) is 3.47. The summed E-state index contributed by atoms with van der Waals surface area (Å²) in [6.45, 7) is 7.28. The lowest BCUT2D eigenvalue weighted by molar-refractivity contribution is 0.0750. The molecule has 24 heavy (non-hydrogen) atoms. The Bertz CT molecular complexity index is 696. The number of rotatable bonds is 5. The van der Waals surface area contributed by atoms with Gasteiger partial charge in [0.2, 0.25) is 0 Å². The van der Waals surface area contributed by atoms with Gasteiger partial charge in [0.1, 0.15) is 5.76 Å². The molecule has 0 unspecified atom stereocenters. The standard InChI is InChI=1S/C19H25N3O2/c1-14-9-15(2)24-18(14)19(23)22-8-6-17(13-22)12-21(3)11-16-5-4-7-20-10-16/h4-5,7,9-10,17H,6,8,11-13H2,1-3H3/t17-/m0/s1. The Morgan fingerprint density at radius 2 is 2.29 bits per heavy atom. The summed E-state index contributed by atoms with van der Waals surface area (Å²) in [4.78, 5) is 21.0. The maximum atomic E-state index is 12.6. The Kier molecular flexibility index (Phi) is 5.00. The molecule has 1 saturated heterocycles. The number of hydrogen-bond acceptors (Lipinski definition) is 4. The average Bonchev–Trinajstić information content (AvgIpc) is 3.14. The molecule has 0 aromatic carbocycles. The number of amides is 1. The molecule has 1 amide bonds. The van der Waals surface area contributed by atoms with Gasteiger partial charge in [-0.1, -0.05) is 6.07 Å². The molecule has 3 rings (SSSR count). The van der Waals surface area contributed by atoms with Crippen LogP contribution in [-0.2, 0) is 6.54 Å². The number of likely N-dealkylation sites (tertiary alicyclic amines) is 1. The molecule has 128 valence electrons. The van der Waals surface area contributed by atoms with Gasteiger partial charge in [-0.2, -0.15) is 0 Å². The Hall–Kier alpha value is -2.14. The average molecular weight is 327 g/mol.